The first kappa shape index (κ1) is 18.9. The summed E-state index contributed by atoms with van der Waals surface area (Å²) in [4.78, 5) is 25.7. The summed E-state index contributed by atoms with van der Waals surface area (Å²) in [6, 6.07) is 0.568. The lowest BCUT2D eigenvalue weighted by atomic mass is 10.1. The van der Waals surface area contributed by atoms with Crippen molar-refractivity contribution < 1.29 is 14.7 Å². The molecule has 0 radical (unpaired) electrons. The number of carbonyl (C=O) groups is 2. The molecular weight excluding hydrogens is 306 g/mol. The Balaban J connectivity index is 1.71. The van der Waals surface area contributed by atoms with Crippen LogP contribution in [0.5, 0.6) is 0 Å². The van der Waals surface area contributed by atoms with E-state index in [1.54, 1.807) is 6.08 Å². The summed E-state index contributed by atoms with van der Waals surface area (Å²) in [5.41, 5.74) is 0.0347. The monoisotopic (exact) mass is 337 g/mol. The van der Waals surface area contributed by atoms with Crippen molar-refractivity contribution in [2.45, 2.75) is 52.0 Å². The fraction of sp³-hybridized carbons (Fsp3) is 0.778. The van der Waals surface area contributed by atoms with Gasteiger partial charge in [-0.05, 0) is 38.1 Å². The van der Waals surface area contributed by atoms with Gasteiger partial charge in [0, 0.05) is 31.6 Å². The molecule has 1 saturated heterocycles. The van der Waals surface area contributed by atoms with Gasteiger partial charge in [-0.1, -0.05) is 26.3 Å². The van der Waals surface area contributed by atoms with Gasteiger partial charge in [0.25, 0.3) is 0 Å². The Morgan fingerprint density at radius 3 is 2.67 bits per heavy atom. The second-order valence-electron chi connectivity index (χ2n) is 7.78. The number of hydrogen-bond donors (Lipinski definition) is 3. The number of carboxylic acid groups (broad SMARTS) is 1. The first-order chi connectivity index (χ1) is 11.3. The molecule has 0 aromatic heterocycles. The van der Waals surface area contributed by atoms with Crippen molar-refractivity contribution in [3.63, 3.8) is 0 Å². The molecule has 0 spiro atoms. The van der Waals surface area contributed by atoms with E-state index in [1.165, 1.54) is 0 Å². The molecule has 2 unspecified atom stereocenters. The number of likely N-dealkylation sites (N-methyl/N-ethyl adjacent to an activating group) is 1. The number of aliphatic carboxylic acids is 1. The Morgan fingerprint density at radius 2 is 2.08 bits per heavy atom. The quantitative estimate of drug-likeness (QED) is 0.463. The molecule has 0 bridgehead atoms. The molecule has 0 aromatic carbocycles. The first-order valence-corrected chi connectivity index (χ1v) is 8.96. The highest BCUT2D eigenvalue weighted by Gasteiger charge is 2.50. The van der Waals surface area contributed by atoms with Gasteiger partial charge in [0.1, 0.15) is 5.70 Å². The Labute approximate surface area is 144 Å². The molecule has 1 aliphatic heterocycles. The molecule has 136 valence electrons. The van der Waals surface area contributed by atoms with Crippen molar-refractivity contribution >= 4 is 11.9 Å². The summed E-state index contributed by atoms with van der Waals surface area (Å²) >= 11 is 0. The SMILES string of the molecule is CN1CCNCC1CCCCC=C(NC(=O)C1CC1(C)C)C(=O)O. The molecule has 0 aromatic rings. The Morgan fingerprint density at radius 1 is 1.38 bits per heavy atom. The molecule has 2 fully saturated rings. The van der Waals surface area contributed by atoms with Gasteiger partial charge >= 0.3 is 5.97 Å². The molecule has 3 N–H and O–H groups in total. The Bertz CT molecular complexity index is 502. The van der Waals surface area contributed by atoms with Crippen LogP contribution in [0, 0.1) is 11.3 Å². The molecule has 1 heterocycles. The molecule has 6 heteroatoms. The topological polar surface area (TPSA) is 81.7 Å². The van der Waals surface area contributed by atoms with Crippen molar-refractivity contribution in [2.75, 3.05) is 26.7 Å². The average molecular weight is 337 g/mol. The van der Waals surface area contributed by atoms with Gasteiger partial charge < -0.3 is 20.6 Å². The maximum Gasteiger partial charge on any atom is 0.352 e. The number of hydrogen-bond acceptors (Lipinski definition) is 4. The normalized spacial score (nSPS) is 26.9. The van der Waals surface area contributed by atoms with Crippen LogP contribution in [0.4, 0.5) is 0 Å². The summed E-state index contributed by atoms with van der Waals surface area (Å²) in [5.74, 6) is -1.28. The average Bonchev–Trinajstić information content (AvgIpc) is 3.16. The lowest BCUT2D eigenvalue weighted by Gasteiger charge is -2.33. The van der Waals surface area contributed by atoms with E-state index in [9.17, 15) is 14.7 Å². The van der Waals surface area contributed by atoms with Crippen molar-refractivity contribution in [1.29, 1.82) is 0 Å². The third-order valence-electron chi connectivity index (χ3n) is 5.30. The van der Waals surface area contributed by atoms with E-state index in [4.69, 9.17) is 0 Å². The van der Waals surface area contributed by atoms with Crippen LogP contribution in [-0.4, -0.2) is 54.6 Å². The molecule has 1 amide bonds. The van der Waals surface area contributed by atoms with Crippen LogP contribution in [-0.2, 0) is 9.59 Å². The molecule has 2 aliphatic rings. The van der Waals surface area contributed by atoms with E-state index < -0.39 is 5.97 Å². The molecule has 24 heavy (non-hydrogen) atoms. The third-order valence-corrected chi connectivity index (χ3v) is 5.30. The van der Waals surface area contributed by atoms with Gasteiger partial charge in [-0.2, -0.15) is 0 Å². The Kier molecular flexibility index (Phi) is 6.40. The van der Waals surface area contributed by atoms with Gasteiger partial charge in [0.15, 0.2) is 0 Å². The van der Waals surface area contributed by atoms with Crippen LogP contribution in [0.3, 0.4) is 0 Å². The molecule has 2 rings (SSSR count). The summed E-state index contributed by atoms with van der Waals surface area (Å²) in [6.45, 7) is 7.21. The second kappa shape index (κ2) is 8.12. The number of nitrogens with one attached hydrogen (secondary N) is 2. The van der Waals surface area contributed by atoms with Crippen molar-refractivity contribution in [3.05, 3.63) is 11.8 Å². The zero-order valence-corrected chi connectivity index (χ0v) is 15.1. The predicted octanol–water partition coefficient (Wildman–Crippen LogP) is 1.58. The first-order valence-electron chi connectivity index (χ1n) is 8.96. The summed E-state index contributed by atoms with van der Waals surface area (Å²) < 4.78 is 0. The standard InChI is InChI=1S/C18H31N3O3/c1-18(2)11-14(18)16(22)20-15(17(23)24)8-6-4-5-7-13-12-19-9-10-21(13)3/h8,13-14,19H,4-7,9-12H2,1-3H3,(H,20,22)(H,23,24). The summed E-state index contributed by atoms with van der Waals surface area (Å²) in [5, 5.41) is 15.2. The highest BCUT2D eigenvalue weighted by molar-refractivity contribution is 5.94. The minimum Gasteiger partial charge on any atom is -0.477 e. The minimum atomic E-state index is -1.06. The Hall–Kier alpha value is -1.40. The lowest BCUT2D eigenvalue weighted by molar-refractivity contribution is -0.135. The maximum absolute atomic E-state index is 12.0. The zero-order valence-electron chi connectivity index (χ0n) is 15.1. The number of carbonyl (C=O) groups excluding carboxylic acids is 1. The van der Waals surface area contributed by atoms with Crippen LogP contribution in [0.15, 0.2) is 11.8 Å². The van der Waals surface area contributed by atoms with E-state index >= 15 is 0 Å². The fourth-order valence-corrected chi connectivity index (χ4v) is 3.28. The summed E-state index contributed by atoms with van der Waals surface area (Å²) in [6.07, 6.45) is 6.27. The van der Waals surface area contributed by atoms with Gasteiger partial charge in [-0.25, -0.2) is 4.79 Å². The number of nitrogens with zero attached hydrogens (tertiary/aromatic N) is 1. The van der Waals surface area contributed by atoms with Gasteiger partial charge in [0.05, 0.1) is 0 Å². The third kappa shape index (κ3) is 5.31. The zero-order chi connectivity index (χ0) is 17.7. The summed E-state index contributed by atoms with van der Waals surface area (Å²) in [7, 11) is 2.16. The van der Waals surface area contributed by atoms with Gasteiger partial charge in [-0.15, -0.1) is 0 Å². The maximum atomic E-state index is 12.0. The van der Waals surface area contributed by atoms with Crippen LogP contribution in [0.1, 0.15) is 46.0 Å². The fourth-order valence-electron chi connectivity index (χ4n) is 3.28. The van der Waals surface area contributed by atoms with Crippen LogP contribution >= 0.6 is 0 Å². The second-order valence-corrected chi connectivity index (χ2v) is 7.78. The van der Waals surface area contributed by atoms with Gasteiger partial charge in [0.2, 0.25) is 5.91 Å². The lowest BCUT2D eigenvalue weighted by Crippen LogP contribution is -2.49. The molecular formula is C18H31N3O3. The van der Waals surface area contributed by atoms with E-state index in [-0.39, 0.29) is 22.9 Å². The molecule has 2 atom stereocenters. The van der Waals surface area contributed by atoms with E-state index in [2.05, 4.69) is 22.6 Å². The number of carboxylic acids is 1. The van der Waals surface area contributed by atoms with Crippen molar-refractivity contribution in [3.8, 4) is 0 Å². The van der Waals surface area contributed by atoms with Crippen LogP contribution in [0.25, 0.3) is 0 Å². The largest absolute Gasteiger partial charge is 0.477 e. The number of rotatable bonds is 8. The highest BCUT2D eigenvalue weighted by atomic mass is 16.4. The van der Waals surface area contributed by atoms with E-state index in [0.29, 0.717) is 12.5 Å². The predicted molar refractivity (Wildman–Crippen MR) is 93.5 cm³/mol. The van der Waals surface area contributed by atoms with Gasteiger partial charge in [-0.3, -0.25) is 4.79 Å². The number of unbranched alkanes of at least 4 members (excludes halogenated alkanes) is 2. The molecule has 1 saturated carbocycles. The van der Waals surface area contributed by atoms with E-state index in [0.717, 1.165) is 45.3 Å². The number of amides is 1. The molecule has 1 aliphatic carbocycles. The van der Waals surface area contributed by atoms with E-state index in [1.807, 2.05) is 13.8 Å². The number of piperazine rings is 1. The molecule has 6 nitrogen and oxygen atoms in total. The van der Waals surface area contributed by atoms with Crippen LogP contribution < -0.4 is 10.6 Å². The highest BCUT2D eigenvalue weighted by Crippen LogP contribution is 2.51. The smallest absolute Gasteiger partial charge is 0.352 e. The van der Waals surface area contributed by atoms with Crippen LogP contribution in [0.2, 0.25) is 0 Å². The number of allylic oxidation sites excluding steroid dienone is 1. The van der Waals surface area contributed by atoms with Crippen molar-refractivity contribution in [1.82, 2.24) is 15.5 Å². The van der Waals surface area contributed by atoms with Crippen molar-refractivity contribution in [2.24, 2.45) is 11.3 Å². The minimum absolute atomic E-state index is 0.00769.